The summed E-state index contributed by atoms with van der Waals surface area (Å²) >= 11 is 7.55. The first-order valence-corrected chi connectivity index (χ1v) is 12.4. The Bertz CT molecular complexity index is 1120. The second-order valence-corrected chi connectivity index (χ2v) is 10.6. The molecule has 0 bridgehead atoms. The normalized spacial score (nSPS) is 14.0. The molecule has 4 rings (SSSR count). The van der Waals surface area contributed by atoms with Crippen molar-refractivity contribution in [2.24, 2.45) is 0 Å². The van der Waals surface area contributed by atoms with Crippen LogP contribution < -0.4 is 4.72 Å². The molecule has 29 heavy (non-hydrogen) atoms. The van der Waals surface area contributed by atoms with Gasteiger partial charge in [0.05, 0.1) is 10.6 Å². The molecule has 1 aliphatic carbocycles. The van der Waals surface area contributed by atoms with Crippen molar-refractivity contribution in [3.05, 3.63) is 69.2 Å². The number of rotatable bonds is 6. The summed E-state index contributed by atoms with van der Waals surface area (Å²) < 4.78 is 28.2. The highest BCUT2D eigenvalue weighted by atomic mass is 35.5. The van der Waals surface area contributed by atoms with Crippen LogP contribution in [0.25, 0.3) is 10.6 Å². The van der Waals surface area contributed by atoms with E-state index < -0.39 is 10.0 Å². The van der Waals surface area contributed by atoms with Crippen molar-refractivity contribution >= 4 is 33.0 Å². The first-order valence-electron chi connectivity index (χ1n) is 9.76. The van der Waals surface area contributed by atoms with Gasteiger partial charge in [-0.05, 0) is 74.4 Å². The molecule has 0 unspecified atom stereocenters. The third kappa shape index (κ3) is 4.72. The molecule has 0 saturated heterocycles. The summed E-state index contributed by atoms with van der Waals surface area (Å²) in [5.74, 6) is 0. The molecule has 0 saturated carbocycles. The summed E-state index contributed by atoms with van der Waals surface area (Å²) in [6.07, 6.45) is 4.94. The monoisotopic (exact) mass is 446 g/mol. The van der Waals surface area contributed by atoms with Crippen molar-refractivity contribution in [1.29, 1.82) is 0 Å². The van der Waals surface area contributed by atoms with E-state index in [9.17, 15) is 8.42 Å². The second-order valence-electron chi connectivity index (χ2n) is 7.32. The van der Waals surface area contributed by atoms with Crippen molar-refractivity contribution in [3.8, 4) is 10.6 Å². The summed E-state index contributed by atoms with van der Waals surface area (Å²) in [6.45, 7) is 2.31. The van der Waals surface area contributed by atoms with Gasteiger partial charge in [0.15, 0.2) is 0 Å². The summed E-state index contributed by atoms with van der Waals surface area (Å²) in [6, 6.07) is 13.1. The van der Waals surface area contributed by atoms with Crippen LogP contribution in [0.2, 0.25) is 5.02 Å². The molecular formula is C22H23ClN2O2S2. The van der Waals surface area contributed by atoms with Crippen LogP contribution in [0.1, 0.15) is 34.5 Å². The van der Waals surface area contributed by atoms with E-state index in [4.69, 9.17) is 11.6 Å². The van der Waals surface area contributed by atoms with Gasteiger partial charge in [-0.1, -0.05) is 29.8 Å². The Labute approximate surface area is 181 Å². The van der Waals surface area contributed by atoms with Crippen LogP contribution >= 0.6 is 22.9 Å². The number of aryl methyl sites for hydroxylation is 3. The minimum absolute atomic E-state index is 0.350. The highest BCUT2D eigenvalue weighted by molar-refractivity contribution is 7.89. The summed E-state index contributed by atoms with van der Waals surface area (Å²) in [5, 5.41) is 1.62. The van der Waals surface area contributed by atoms with E-state index in [1.54, 1.807) is 17.4 Å². The Morgan fingerprint density at radius 1 is 1.07 bits per heavy atom. The third-order valence-electron chi connectivity index (χ3n) is 5.26. The molecule has 0 amide bonds. The quantitative estimate of drug-likeness (QED) is 0.568. The zero-order valence-electron chi connectivity index (χ0n) is 16.2. The van der Waals surface area contributed by atoms with Crippen LogP contribution in [0.5, 0.6) is 0 Å². The predicted molar refractivity (Wildman–Crippen MR) is 119 cm³/mol. The van der Waals surface area contributed by atoms with Crippen LogP contribution in [-0.2, 0) is 29.3 Å². The third-order valence-corrected chi connectivity index (χ3v) is 8.24. The van der Waals surface area contributed by atoms with Gasteiger partial charge >= 0.3 is 0 Å². The summed E-state index contributed by atoms with van der Waals surface area (Å²) in [7, 11) is -3.51. The number of nitrogens with zero attached hydrogens (tertiary/aromatic N) is 1. The number of sulfonamides is 1. The maximum atomic E-state index is 12.7. The Balaban J connectivity index is 1.42. The smallest absolute Gasteiger partial charge is 0.240 e. The lowest BCUT2D eigenvalue weighted by Gasteiger charge is -2.16. The number of halogens is 1. The van der Waals surface area contributed by atoms with Crippen LogP contribution in [0, 0.1) is 6.92 Å². The van der Waals surface area contributed by atoms with E-state index in [2.05, 4.69) is 9.71 Å². The van der Waals surface area contributed by atoms with E-state index in [-0.39, 0.29) is 0 Å². The van der Waals surface area contributed by atoms with Crippen molar-refractivity contribution < 1.29 is 8.42 Å². The Hall–Kier alpha value is -1.73. The second kappa shape index (κ2) is 8.56. The van der Waals surface area contributed by atoms with Crippen LogP contribution in [0.4, 0.5) is 0 Å². The Morgan fingerprint density at radius 2 is 1.79 bits per heavy atom. The maximum Gasteiger partial charge on any atom is 0.240 e. The van der Waals surface area contributed by atoms with E-state index in [1.165, 1.54) is 17.5 Å². The molecule has 0 atom stereocenters. The van der Waals surface area contributed by atoms with Crippen LogP contribution in [0.3, 0.4) is 0 Å². The number of fused-ring (bicyclic) bond motifs is 1. The van der Waals surface area contributed by atoms with Gasteiger partial charge in [-0.3, -0.25) is 0 Å². The Kier molecular flexibility index (Phi) is 6.06. The van der Waals surface area contributed by atoms with E-state index >= 15 is 0 Å². The van der Waals surface area contributed by atoms with Crippen molar-refractivity contribution in [3.63, 3.8) is 0 Å². The van der Waals surface area contributed by atoms with Gasteiger partial charge in [0, 0.05) is 22.0 Å². The highest BCUT2D eigenvalue weighted by Gasteiger charge is 2.18. The fourth-order valence-corrected chi connectivity index (χ4v) is 5.91. The molecule has 1 aromatic heterocycles. The van der Waals surface area contributed by atoms with Gasteiger partial charge in [0.1, 0.15) is 5.01 Å². The van der Waals surface area contributed by atoms with E-state index in [0.717, 1.165) is 40.4 Å². The fourth-order valence-electron chi connectivity index (χ4n) is 3.64. The van der Waals surface area contributed by atoms with Crippen molar-refractivity contribution in [2.75, 3.05) is 6.54 Å². The molecule has 7 heteroatoms. The summed E-state index contributed by atoms with van der Waals surface area (Å²) in [4.78, 5) is 6.08. The molecule has 1 aliphatic rings. The van der Waals surface area contributed by atoms with Gasteiger partial charge in [-0.15, -0.1) is 11.3 Å². The zero-order valence-corrected chi connectivity index (χ0v) is 18.6. The number of aromatic nitrogens is 1. The van der Waals surface area contributed by atoms with E-state index in [0.29, 0.717) is 22.9 Å². The van der Waals surface area contributed by atoms with Gasteiger partial charge in [-0.2, -0.15) is 0 Å². The molecule has 0 aliphatic heterocycles. The van der Waals surface area contributed by atoms with Crippen molar-refractivity contribution in [1.82, 2.24) is 9.71 Å². The van der Waals surface area contributed by atoms with Crippen molar-refractivity contribution in [2.45, 2.75) is 43.9 Å². The molecule has 4 nitrogen and oxygen atoms in total. The Morgan fingerprint density at radius 3 is 2.55 bits per heavy atom. The van der Waals surface area contributed by atoms with Crippen LogP contribution in [-0.4, -0.2) is 19.9 Å². The molecular weight excluding hydrogens is 424 g/mol. The molecule has 1 N–H and O–H groups in total. The average Bonchev–Trinajstić information content (AvgIpc) is 3.08. The number of hydrogen-bond donors (Lipinski definition) is 1. The highest BCUT2D eigenvalue weighted by Crippen LogP contribution is 2.29. The minimum Gasteiger partial charge on any atom is -0.241 e. The first kappa shape index (κ1) is 20.5. The topological polar surface area (TPSA) is 59.1 Å². The largest absolute Gasteiger partial charge is 0.241 e. The number of thiazole rings is 1. The zero-order chi connectivity index (χ0) is 20.4. The van der Waals surface area contributed by atoms with Gasteiger partial charge < -0.3 is 0 Å². The SMILES string of the molecule is Cc1nc(-c2ccc(Cl)cc2)sc1CCNS(=O)(=O)c1ccc2c(c1)CCCC2. The molecule has 152 valence electrons. The molecule has 0 fully saturated rings. The lowest BCUT2D eigenvalue weighted by molar-refractivity contribution is 0.581. The van der Waals surface area contributed by atoms with Crippen LogP contribution in [0.15, 0.2) is 47.4 Å². The standard InChI is InChI=1S/C22H23ClN2O2S2/c1-15-21(28-22(25-15)17-6-9-19(23)10-7-17)12-13-24-29(26,27)20-11-8-16-4-2-3-5-18(16)14-20/h6-11,14,24H,2-5,12-13H2,1H3. The summed E-state index contributed by atoms with van der Waals surface area (Å²) in [5.41, 5.74) is 4.41. The molecule has 3 aromatic rings. The van der Waals surface area contributed by atoms with Gasteiger partial charge in [-0.25, -0.2) is 18.1 Å². The average molecular weight is 447 g/mol. The van der Waals surface area contributed by atoms with E-state index in [1.807, 2.05) is 43.3 Å². The lowest BCUT2D eigenvalue weighted by Crippen LogP contribution is -2.26. The molecule has 2 aromatic carbocycles. The predicted octanol–water partition coefficient (Wildman–Crippen LogP) is 5.17. The molecule has 0 spiro atoms. The fraction of sp³-hybridized carbons (Fsp3) is 0.318. The molecule has 1 heterocycles. The lowest BCUT2D eigenvalue weighted by atomic mass is 9.92. The minimum atomic E-state index is -3.51. The maximum absolute atomic E-state index is 12.7. The van der Waals surface area contributed by atoms with Gasteiger partial charge in [0.2, 0.25) is 10.0 Å². The number of hydrogen-bond acceptors (Lipinski definition) is 4. The number of nitrogens with one attached hydrogen (secondary N) is 1. The first-order chi connectivity index (χ1) is 13.9. The van der Waals surface area contributed by atoms with Gasteiger partial charge in [0.25, 0.3) is 0 Å². The molecule has 0 radical (unpaired) electrons. The number of benzene rings is 2.